The Balaban J connectivity index is 1.75. The number of amides is 1. The van der Waals surface area contributed by atoms with Crippen molar-refractivity contribution in [1.29, 1.82) is 0 Å². The van der Waals surface area contributed by atoms with E-state index in [1.807, 2.05) is 31.2 Å². The molecule has 1 heterocycles. The lowest BCUT2D eigenvalue weighted by Crippen LogP contribution is -2.37. The van der Waals surface area contributed by atoms with Gasteiger partial charge in [0.05, 0.1) is 6.54 Å². The lowest BCUT2D eigenvalue weighted by atomic mass is 10.1. The van der Waals surface area contributed by atoms with Crippen LogP contribution in [0, 0.1) is 6.92 Å². The molecule has 2 atom stereocenters. The summed E-state index contributed by atoms with van der Waals surface area (Å²) < 4.78 is 5.93. The number of ether oxygens (including phenoxy) is 1. The highest BCUT2D eigenvalue weighted by Crippen LogP contribution is 2.15. The van der Waals surface area contributed by atoms with E-state index in [4.69, 9.17) is 4.74 Å². The van der Waals surface area contributed by atoms with E-state index in [1.54, 1.807) is 0 Å². The van der Waals surface area contributed by atoms with Crippen molar-refractivity contribution in [2.45, 2.75) is 51.7 Å². The predicted octanol–water partition coefficient (Wildman–Crippen LogP) is 2.41. The fraction of sp³-hybridized carbons (Fsp3) is 0.588. The number of carbonyl (C=O) groups excluding carboxylic acids is 1. The Hall–Kier alpha value is -1.55. The van der Waals surface area contributed by atoms with Crippen molar-refractivity contribution in [2.75, 3.05) is 13.1 Å². The molecule has 1 aliphatic heterocycles. The second-order valence-corrected chi connectivity index (χ2v) is 5.77. The molecule has 1 aromatic rings. The molecular formula is C17H26N2O2. The molecule has 1 saturated heterocycles. The summed E-state index contributed by atoms with van der Waals surface area (Å²) in [5.74, 6) is 0.981. The van der Waals surface area contributed by atoms with Gasteiger partial charge in [0.15, 0.2) is 0 Å². The summed E-state index contributed by atoms with van der Waals surface area (Å²) in [7, 11) is 0. The number of hydrogen-bond acceptors (Lipinski definition) is 3. The molecule has 116 valence electrons. The van der Waals surface area contributed by atoms with Gasteiger partial charge >= 0.3 is 0 Å². The molecule has 0 aromatic heterocycles. The maximum absolute atomic E-state index is 11.9. The van der Waals surface area contributed by atoms with Crippen molar-refractivity contribution < 1.29 is 9.53 Å². The maximum atomic E-state index is 11.9. The highest BCUT2D eigenvalue weighted by molar-refractivity contribution is 5.76. The van der Waals surface area contributed by atoms with Crippen molar-refractivity contribution in [3.8, 4) is 5.75 Å². The van der Waals surface area contributed by atoms with E-state index in [0.717, 1.165) is 25.1 Å². The average molecular weight is 290 g/mol. The standard InChI is InChI=1S/C17H26N2O2/c1-3-15(21-16-8-4-6-13(2)10-16)12-19-17(20)11-14-7-5-9-18-14/h4,6,8,10,14-15,18H,3,5,7,9,11-12H2,1-2H3,(H,19,20). The summed E-state index contributed by atoms with van der Waals surface area (Å²) in [6.45, 7) is 5.72. The lowest BCUT2D eigenvalue weighted by molar-refractivity contribution is -0.121. The third-order valence-electron chi connectivity index (χ3n) is 3.87. The highest BCUT2D eigenvalue weighted by Gasteiger charge is 2.18. The van der Waals surface area contributed by atoms with Gasteiger partial charge in [-0.2, -0.15) is 0 Å². The minimum absolute atomic E-state index is 0.0206. The molecule has 0 spiro atoms. The van der Waals surface area contributed by atoms with Crippen LogP contribution in [0.25, 0.3) is 0 Å². The second-order valence-electron chi connectivity index (χ2n) is 5.77. The predicted molar refractivity (Wildman–Crippen MR) is 84.5 cm³/mol. The van der Waals surface area contributed by atoms with E-state index < -0.39 is 0 Å². The summed E-state index contributed by atoms with van der Waals surface area (Å²) in [4.78, 5) is 11.9. The van der Waals surface area contributed by atoms with Gasteiger partial charge in [0.2, 0.25) is 5.91 Å². The first kappa shape index (κ1) is 15.8. The molecule has 2 unspecified atom stereocenters. The van der Waals surface area contributed by atoms with Gasteiger partial charge in [-0.25, -0.2) is 0 Å². The number of carbonyl (C=O) groups is 1. The smallest absolute Gasteiger partial charge is 0.221 e. The molecule has 2 N–H and O–H groups in total. The fourth-order valence-corrected chi connectivity index (χ4v) is 2.61. The first-order valence-corrected chi connectivity index (χ1v) is 7.90. The summed E-state index contributed by atoms with van der Waals surface area (Å²) in [5, 5.41) is 6.33. The van der Waals surface area contributed by atoms with Gasteiger partial charge in [-0.05, 0) is 50.4 Å². The van der Waals surface area contributed by atoms with Gasteiger partial charge in [0, 0.05) is 12.5 Å². The van der Waals surface area contributed by atoms with Crippen LogP contribution in [0.2, 0.25) is 0 Å². The largest absolute Gasteiger partial charge is 0.489 e. The van der Waals surface area contributed by atoms with E-state index in [-0.39, 0.29) is 12.0 Å². The van der Waals surface area contributed by atoms with Crippen LogP contribution in [0.3, 0.4) is 0 Å². The molecule has 4 heteroatoms. The second kappa shape index (κ2) is 8.03. The number of aryl methyl sites for hydroxylation is 1. The highest BCUT2D eigenvalue weighted by atomic mass is 16.5. The van der Waals surface area contributed by atoms with Gasteiger partial charge in [0.1, 0.15) is 11.9 Å². The van der Waals surface area contributed by atoms with Crippen LogP contribution in [-0.4, -0.2) is 31.1 Å². The fourth-order valence-electron chi connectivity index (χ4n) is 2.61. The molecule has 2 rings (SSSR count). The minimum Gasteiger partial charge on any atom is -0.489 e. The van der Waals surface area contributed by atoms with E-state index in [1.165, 1.54) is 12.0 Å². The Morgan fingerprint density at radius 2 is 2.38 bits per heavy atom. The summed E-state index contributed by atoms with van der Waals surface area (Å²) in [5.41, 5.74) is 1.18. The lowest BCUT2D eigenvalue weighted by Gasteiger charge is -2.19. The number of nitrogens with one attached hydrogen (secondary N) is 2. The van der Waals surface area contributed by atoms with E-state index in [9.17, 15) is 4.79 Å². The summed E-state index contributed by atoms with van der Waals surface area (Å²) in [6, 6.07) is 8.36. The third-order valence-corrected chi connectivity index (χ3v) is 3.87. The van der Waals surface area contributed by atoms with Crippen LogP contribution in [-0.2, 0) is 4.79 Å². The third kappa shape index (κ3) is 5.38. The molecule has 0 saturated carbocycles. The Morgan fingerprint density at radius 1 is 1.52 bits per heavy atom. The zero-order chi connectivity index (χ0) is 15.1. The van der Waals surface area contributed by atoms with Gasteiger partial charge in [0.25, 0.3) is 0 Å². The Kier molecular flexibility index (Phi) is 6.05. The molecule has 0 bridgehead atoms. The molecule has 4 nitrogen and oxygen atoms in total. The molecule has 1 fully saturated rings. The SMILES string of the molecule is CCC(CNC(=O)CC1CCCN1)Oc1cccc(C)c1. The molecule has 1 aromatic carbocycles. The topological polar surface area (TPSA) is 50.4 Å². The van der Waals surface area contributed by atoms with Crippen LogP contribution in [0.4, 0.5) is 0 Å². The van der Waals surface area contributed by atoms with Gasteiger partial charge < -0.3 is 15.4 Å². The average Bonchev–Trinajstić information content (AvgIpc) is 2.96. The Morgan fingerprint density at radius 3 is 3.05 bits per heavy atom. The summed E-state index contributed by atoms with van der Waals surface area (Å²) >= 11 is 0. The molecule has 0 radical (unpaired) electrons. The number of rotatable bonds is 7. The van der Waals surface area contributed by atoms with Crippen LogP contribution < -0.4 is 15.4 Å². The first-order valence-electron chi connectivity index (χ1n) is 7.90. The molecule has 21 heavy (non-hydrogen) atoms. The van der Waals surface area contributed by atoms with Crippen LogP contribution >= 0.6 is 0 Å². The van der Waals surface area contributed by atoms with Crippen molar-refractivity contribution in [3.05, 3.63) is 29.8 Å². The molecule has 0 aliphatic carbocycles. The van der Waals surface area contributed by atoms with Gasteiger partial charge in [-0.3, -0.25) is 4.79 Å². The number of hydrogen-bond donors (Lipinski definition) is 2. The van der Waals surface area contributed by atoms with Crippen LogP contribution in [0.1, 0.15) is 38.2 Å². The zero-order valence-electron chi connectivity index (χ0n) is 13.0. The molecule has 1 amide bonds. The normalized spacial score (nSPS) is 19.2. The van der Waals surface area contributed by atoms with Crippen LogP contribution in [0.5, 0.6) is 5.75 Å². The number of benzene rings is 1. The Labute approximate surface area is 127 Å². The van der Waals surface area contributed by atoms with Crippen molar-refractivity contribution in [3.63, 3.8) is 0 Å². The maximum Gasteiger partial charge on any atom is 0.221 e. The monoisotopic (exact) mass is 290 g/mol. The van der Waals surface area contributed by atoms with E-state index in [2.05, 4.69) is 17.6 Å². The van der Waals surface area contributed by atoms with Gasteiger partial charge in [-0.15, -0.1) is 0 Å². The molecule has 1 aliphatic rings. The van der Waals surface area contributed by atoms with Crippen LogP contribution in [0.15, 0.2) is 24.3 Å². The first-order chi connectivity index (χ1) is 10.2. The molecular weight excluding hydrogens is 264 g/mol. The van der Waals surface area contributed by atoms with Crippen molar-refractivity contribution >= 4 is 5.91 Å². The Bertz CT molecular complexity index is 456. The van der Waals surface area contributed by atoms with Crippen molar-refractivity contribution in [2.24, 2.45) is 0 Å². The van der Waals surface area contributed by atoms with Crippen molar-refractivity contribution in [1.82, 2.24) is 10.6 Å². The summed E-state index contributed by atoms with van der Waals surface area (Å²) in [6.07, 6.45) is 3.74. The minimum atomic E-state index is 0.0206. The van der Waals surface area contributed by atoms with E-state index >= 15 is 0 Å². The zero-order valence-corrected chi connectivity index (χ0v) is 13.0. The quantitative estimate of drug-likeness (QED) is 0.811. The van der Waals surface area contributed by atoms with E-state index in [0.29, 0.717) is 19.0 Å². The van der Waals surface area contributed by atoms with Gasteiger partial charge in [-0.1, -0.05) is 19.1 Å².